The molecule has 0 fully saturated rings. The molecule has 15 heavy (non-hydrogen) atoms. The fourth-order valence-electron chi connectivity index (χ4n) is 1.14. The number of hydrogen-bond acceptors (Lipinski definition) is 2. The lowest BCUT2D eigenvalue weighted by atomic mass is 9.60. The minimum atomic E-state index is -4.43. The predicted molar refractivity (Wildman–Crippen MR) is 50.8 cm³/mol. The molecule has 1 aromatic rings. The zero-order valence-electron chi connectivity index (χ0n) is 8.12. The number of alkyl halides is 3. The third-order valence-corrected chi connectivity index (χ3v) is 1.75. The summed E-state index contributed by atoms with van der Waals surface area (Å²) in [6.45, 7) is -2.32. The normalized spacial score (nSPS) is 11.5. The standard InChI is InChI=1S/C9H10BF3O2/c1-14-7-15-10(9(11,12)13)8-5-3-2-4-6-8/h2-6H,7H2,1H3. The average molecular weight is 218 g/mol. The van der Waals surface area contributed by atoms with E-state index in [1.807, 2.05) is 0 Å². The maximum Gasteiger partial charge on any atom is 0.454 e. The van der Waals surface area contributed by atoms with Gasteiger partial charge in [0.05, 0.1) is 0 Å². The number of methoxy groups -OCH3 is 1. The van der Waals surface area contributed by atoms with Crippen LogP contribution in [0, 0.1) is 0 Å². The molecule has 0 amide bonds. The summed E-state index contributed by atoms with van der Waals surface area (Å²) in [5, 5.41) is 0. The van der Waals surface area contributed by atoms with Gasteiger partial charge in [0.25, 0.3) is 0 Å². The van der Waals surface area contributed by atoms with E-state index >= 15 is 0 Å². The molecule has 1 aromatic carbocycles. The van der Waals surface area contributed by atoms with Crippen LogP contribution in [-0.2, 0) is 9.39 Å². The van der Waals surface area contributed by atoms with Crippen LogP contribution in [0.3, 0.4) is 0 Å². The summed E-state index contributed by atoms with van der Waals surface area (Å²) in [7, 11) is 1.28. The van der Waals surface area contributed by atoms with Crippen LogP contribution in [-0.4, -0.2) is 26.9 Å². The Kier molecular flexibility index (Phi) is 4.17. The Balaban J connectivity index is 2.82. The van der Waals surface area contributed by atoms with E-state index in [-0.39, 0.29) is 12.3 Å². The molecule has 0 saturated heterocycles. The summed E-state index contributed by atoms with van der Waals surface area (Å²) < 4.78 is 46.7. The number of ether oxygens (including phenoxy) is 1. The average Bonchev–Trinajstić information content (AvgIpc) is 2.18. The first-order valence-electron chi connectivity index (χ1n) is 4.28. The minimum absolute atomic E-state index is 0.0713. The monoisotopic (exact) mass is 218 g/mol. The topological polar surface area (TPSA) is 18.5 Å². The summed E-state index contributed by atoms with van der Waals surface area (Å²) in [5.74, 6) is 0. The molecule has 0 unspecified atom stereocenters. The van der Waals surface area contributed by atoms with Gasteiger partial charge in [-0.3, -0.25) is 0 Å². The number of benzene rings is 1. The first-order chi connectivity index (χ1) is 7.05. The van der Waals surface area contributed by atoms with Crippen molar-refractivity contribution in [2.75, 3.05) is 13.9 Å². The Hall–Kier alpha value is -1.01. The predicted octanol–water partition coefficient (Wildman–Crippen LogP) is 1.61. The summed E-state index contributed by atoms with van der Waals surface area (Å²) >= 11 is 0. The van der Waals surface area contributed by atoms with Gasteiger partial charge < -0.3 is 9.39 Å². The Morgan fingerprint density at radius 1 is 1.20 bits per heavy atom. The highest BCUT2D eigenvalue weighted by Crippen LogP contribution is 2.19. The largest absolute Gasteiger partial charge is 0.454 e. The van der Waals surface area contributed by atoms with Gasteiger partial charge in [0.15, 0.2) is 0 Å². The van der Waals surface area contributed by atoms with E-state index in [9.17, 15) is 13.2 Å². The molecule has 82 valence electrons. The Morgan fingerprint density at radius 2 is 1.80 bits per heavy atom. The number of rotatable bonds is 4. The van der Waals surface area contributed by atoms with E-state index < -0.39 is 13.0 Å². The molecule has 0 aliphatic carbocycles. The Morgan fingerprint density at radius 3 is 2.27 bits per heavy atom. The van der Waals surface area contributed by atoms with Crippen molar-refractivity contribution in [3.8, 4) is 0 Å². The molecule has 0 heterocycles. The summed E-state index contributed by atoms with van der Waals surface area (Å²) in [5.41, 5.74) is 0.0713. The molecule has 0 aromatic heterocycles. The molecule has 6 heteroatoms. The Bertz CT molecular complexity index is 289. The highest BCUT2D eigenvalue weighted by Gasteiger charge is 2.47. The lowest BCUT2D eigenvalue weighted by molar-refractivity contribution is -0.0744. The third kappa shape index (κ3) is 3.56. The van der Waals surface area contributed by atoms with Gasteiger partial charge in [-0.05, 0) is 5.46 Å². The summed E-state index contributed by atoms with van der Waals surface area (Å²) in [4.78, 5) is 0. The van der Waals surface area contributed by atoms with Crippen LogP contribution in [0.1, 0.15) is 0 Å². The second-order valence-electron chi connectivity index (χ2n) is 2.91. The molecular formula is C9H10BF3O2. The van der Waals surface area contributed by atoms with Crippen LogP contribution in [0.2, 0.25) is 0 Å². The first-order valence-corrected chi connectivity index (χ1v) is 4.28. The quantitative estimate of drug-likeness (QED) is 0.564. The van der Waals surface area contributed by atoms with Crippen molar-refractivity contribution < 1.29 is 22.6 Å². The molecule has 0 radical (unpaired) electrons. The van der Waals surface area contributed by atoms with Crippen molar-refractivity contribution in [2.45, 2.75) is 6.08 Å². The molecule has 0 spiro atoms. The molecule has 0 N–H and O–H groups in total. The van der Waals surface area contributed by atoms with Crippen molar-refractivity contribution in [3.05, 3.63) is 30.3 Å². The van der Waals surface area contributed by atoms with Crippen LogP contribution in [0.15, 0.2) is 30.3 Å². The maximum atomic E-state index is 12.5. The van der Waals surface area contributed by atoms with Crippen molar-refractivity contribution in [1.82, 2.24) is 0 Å². The van der Waals surface area contributed by atoms with E-state index in [4.69, 9.17) is 0 Å². The first kappa shape index (κ1) is 12.1. The zero-order valence-corrected chi connectivity index (χ0v) is 8.12. The van der Waals surface area contributed by atoms with Gasteiger partial charge in [0.1, 0.15) is 6.79 Å². The van der Waals surface area contributed by atoms with Gasteiger partial charge in [0.2, 0.25) is 0 Å². The Labute approximate surface area is 86.1 Å². The number of halogens is 3. The second kappa shape index (κ2) is 5.18. The van der Waals surface area contributed by atoms with Crippen molar-refractivity contribution in [2.24, 2.45) is 0 Å². The molecular weight excluding hydrogens is 208 g/mol. The van der Waals surface area contributed by atoms with Gasteiger partial charge >= 0.3 is 13.0 Å². The fourth-order valence-corrected chi connectivity index (χ4v) is 1.14. The fraction of sp³-hybridized carbons (Fsp3) is 0.333. The summed E-state index contributed by atoms with van der Waals surface area (Å²) in [6.07, 6.45) is -4.43. The van der Waals surface area contributed by atoms with Crippen molar-refractivity contribution >= 4 is 12.4 Å². The second-order valence-corrected chi connectivity index (χ2v) is 2.91. The molecule has 0 atom stereocenters. The van der Waals surface area contributed by atoms with Gasteiger partial charge in [0, 0.05) is 7.11 Å². The molecule has 2 nitrogen and oxygen atoms in total. The smallest absolute Gasteiger partial charge is 0.401 e. The van der Waals surface area contributed by atoms with Gasteiger partial charge in [-0.2, -0.15) is 13.2 Å². The summed E-state index contributed by atoms with van der Waals surface area (Å²) in [6, 6.07) is 7.45. The third-order valence-electron chi connectivity index (χ3n) is 1.75. The van der Waals surface area contributed by atoms with Crippen molar-refractivity contribution in [3.63, 3.8) is 0 Å². The molecule has 0 bridgehead atoms. The number of hydrogen-bond donors (Lipinski definition) is 0. The molecule has 0 aliphatic rings. The van der Waals surface area contributed by atoms with Crippen LogP contribution in [0.25, 0.3) is 0 Å². The minimum Gasteiger partial charge on any atom is -0.401 e. The molecule has 0 aliphatic heterocycles. The highest BCUT2D eigenvalue weighted by atomic mass is 19.4. The van der Waals surface area contributed by atoms with Gasteiger partial charge in [-0.1, -0.05) is 30.3 Å². The van der Waals surface area contributed by atoms with E-state index in [1.165, 1.54) is 31.4 Å². The van der Waals surface area contributed by atoms with Gasteiger partial charge in [-0.15, -0.1) is 0 Å². The van der Waals surface area contributed by atoms with E-state index in [1.54, 1.807) is 6.07 Å². The SMILES string of the molecule is COCOB(c1ccccc1)C(F)(F)F. The van der Waals surface area contributed by atoms with Crippen LogP contribution in [0.5, 0.6) is 0 Å². The van der Waals surface area contributed by atoms with Crippen LogP contribution in [0.4, 0.5) is 13.2 Å². The van der Waals surface area contributed by atoms with Crippen molar-refractivity contribution in [1.29, 1.82) is 0 Å². The van der Waals surface area contributed by atoms with Gasteiger partial charge in [-0.25, -0.2) is 0 Å². The molecule has 0 saturated carbocycles. The zero-order chi connectivity index (χ0) is 11.3. The van der Waals surface area contributed by atoms with E-state index in [0.29, 0.717) is 0 Å². The van der Waals surface area contributed by atoms with Crippen LogP contribution < -0.4 is 5.46 Å². The van der Waals surface area contributed by atoms with E-state index in [2.05, 4.69) is 9.39 Å². The maximum absolute atomic E-state index is 12.5. The highest BCUT2D eigenvalue weighted by molar-refractivity contribution is 6.69. The lowest BCUT2D eigenvalue weighted by Crippen LogP contribution is -2.47. The lowest BCUT2D eigenvalue weighted by Gasteiger charge is -2.16. The molecule has 1 rings (SSSR count). The van der Waals surface area contributed by atoms with E-state index in [0.717, 1.165) is 0 Å². The van der Waals surface area contributed by atoms with Crippen LogP contribution >= 0.6 is 0 Å².